The van der Waals surface area contributed by atoms with Gasteiger partial charge in [-0.15, -0.1) is 0 Å². The Balaban J connectivity index is 0.971. The highest BCUT2D eigenvalue weighted by Crippen LogP contribution is 2.50. The van der Waals surface area contributed by atoms with Crippen molar-refractivity contribution in [3.8, 4) is 62.2 Å². The molecule has 0 unspecified atom stereocenters. The number of rotatable bonds is 10. The van der Waals surface area contributed by atoms with Crippen molar-refractivity contribution in [1.82, 2.24) is 9.55 Å². The molecule has 0 aliphatic carbocycles. The van der Waals surface area contributed by atoms with E-state index >= 15 is 0 Å². The smallest absolute Gasteiger partial charge is 0.141 e. The van der Waals surface area contributed by atoms with E-state index in [1.165, 1.54) is 0 Å². The minimum Gasteiger partial charge on any atom is -0.457 e. The Morgan fingerprint density at radius 2 is 1.03 bits per heavy atom. The zero-order chi connectivity index (χ0) is 63.6. The zero-order valence-corrected chi connectivity index (χ0v) is 41.6. The maximum Gasteiger partial charge on any atom is 0.141 e. The summed E-state index contributed by atoms with van der Waals surface area (Å²) in [6.45, 7) is 13.0. The van der Waals surface area contributed by atoms with Gasteiger partial charge in [-0.2, -0.15) is 0 Å². The molecule has 11 aromatic rings. The molecular formula is C68H58N4O2. The van der Waals surface area contributed by atoms with Gasteiger partial charge in [0.2, 0.25) is 0 Å². The van der Waals surface area contributed by atoms with Crippen molar-refractivity contribution in [1.29, 1.82) is 0 Å². The second kappa shape index (κ2) is 18.6. The fourth-order valence-corrected chi connectivity index (χ4v) is 9.59. The van der Waals surface area contributed by atoms with Gasteiger partial charge in [0.05, 0.1) is 48.7 Å². The van der Waals surface area contributed by atoms with Gasteiger partial charge in [0.15, 0.2) is 0 Å². The number of pyridine rings is 1. The van der Waals surface area contributed by atoms with Gasteiger partial charge in [-0.05, 0) is 111 Å². The van der Waals surface area contributed by atoms with E-state index in [4.69, 9.17) is 35.0 Å². The molecule has 2 aromatic heterocycles. The first-order valence-electron chi connectivity index (χ1n) is 31.8. The summed E-state index contributed by atoms with van der Waals surface area (Å²) in [7, 11) is 0. The van der Waals surface area contributed by atoms with E-state index < -0.39 is 78.6 Å². The van der Waals surface area contributed by atoms with Crippen LogP contribution in [-0.4, -0.2) is 16.2 Å². The number of nitrogens with zero attached hydrogens (tertiary/aromatic N) is 4. The quantitative estimate of drug-likeness (QED) is 0.137. The van der Waals surface area contributed by atoms with Crippen molar-refractivity contribution in [3.05, 3.63) is 241 Å². The van der Waals surface area contributed by atoms with Crippen LogP contribution in [0.15, 0.2) is 230 Å². The topological polar surface area (TPSA) is 42.8 Å². The van der Waals surface area contributed by atoms with Crippen LogP contribution in [0.5, 0.6) is 23.0 Å². The summed E-state index contributed by atoms with van der Waals surface area (Å²) < 4.78 is 146. The molecule has 12 rings (SSSR count). The molecule has 1 aliphatic heterocycles. The Kier molecular flexibility index (Phi) is 8.12. The van der Waals surface area contributed by atoms with Crippen molar-refractivity contribution in [3.63, 3.8) is 0 Å². The van der Waals surface area contributed by atoms with Gasteiger partial charge in [-0.1, -0.05) is 181 Å². The molecule has 0 atom stereocenters. The van der Waals surface area contributed by atoms with E-state index in [2.05, 4.69) is 59.7 Å². The van der Waals surface area contributed by atoms with Gasteiger partial charge >= 0.3 is 0 Å². The molecule has 0 spiro atoms. The third kappa shape index (κ3) is 8.83. The van der Waals surface area contributed by atoms with E-state index in [9.17, 15) is 0 Å². The molecule has 1 aliphatic rings. The standard InChI is InChI=1S/C68H58N4O2/c1-67(2,3)50-39-51(68(4,5)6)41-56(40-50)74-55-36-37-69-65(44-55)72-61-35-32-49(46-20-10-7-11-21-46)38-60(61)59-34-33-54(43-64(59)72)73-53-27-18-26-52(42-53)70-45-71(63-31-17-16-30-62(63)70)66-57(47-22-12-8-13-23-47)28-19-29-58(66)48-24-14-9-15-25-48/h7-44H,45H2,1-6H3/i7D,8D,9D,10D,11D,12D,13D,14D,15D,20D,21D,22D,23D,24D,25D. The van der Waals surface area contributed by atoms with Gasteiger partial charge in [-0.3, -0.25) is 4.57 Å². The summed E-state index contributed by atoms with van der Waals surface area (Å²) in [6, 6.07) is 33.3. The summed E-state index contributed by atoms with van der Waals surface area (Å²) in [6.07, 6.45) is 1.68. The Bertz CT molecular complexity index is 4580. The number of hydrogen-bond acceptors (Lipinski definition) is 5. The number of fused-ring (bicyclic) bond motifs is 4. The first-order valence-corrected chi connectivity index (χ1v) is 24.3. The molecule has 362 valence electrons. The second-order valence-electron chi connectivity index (χ2n) is 20.2. The minimum atomic E-state index is -0.584. The van der Waals surface area contributed by atoms with Gasteiger partial charge in [0, 0.05) is 52.0 Å². The third-order valence-corrected chi connectivity index (χ3v) is 13.3. The van der Waals surface area contributed by atoms with Crippen LogP contribution in [0.25, 0.3) is 61.0 Å². The largest absolute Gasteiger partial charge is 0.457 e. The fraction of sp³-hybridized carbons (Fsp3) is 0.132. The molecule has 0 N–H and O–H groups in total. The molecule has 3 heterocycles. The number of anilines is 4. The molecule has 0 bridgehead atoms. The van der Waals surface area contributed by atoms with Crippen LogP contribution in [0.1, 0.15) is 73.2 Å². The van der Waals surface area contributed by atoms with Crippen molar-refractivity contribution in [2.75, 3.05) is 16.5 Å². The fourth-order valence-electron chi connectivity index (χ4n) is 9.59. The minimum absolute atomic E-state index is 0.0383. The van der Waals surface area contributed by atoms with Gasteiger partial charge in [0.1, 0.15) is 35.5 Å². The molecule has 0 saturated heterocycles. The highest BCUT2D eigenvalue weighted by molar-refractivity contribution is 6.11. The Morgan fingerprint density at radius 3 is 1.68 bits per heavy atom. The lowest BCUT2D eigenvalue weighted by Crippen LogP contribution is -2.24. The molecule has 0 amide bonds. The molecule has 0 saturated carbocycles. The molecule has 9 aromatic carbocycles. The van der Waals surface area contributed by atoms with Crippen LogP contribution in [0.3, 0.4) is 0 Å². The number of hydrogen-bond donors (Lipinski definition) is 0. The number of ether oxygens (including phenoxy) is 2. The number of benzene rings is 9. The zero-order valence-electron chi connectivity index (χ0n) is 56.6. The lowest BCUT2D eigenvalue weighted by Gasteiger charge is -2.27. The predicted octanol–water partition coefficient (Wildman–Crippen LogP) is 18.6. The van der Waals surface area contributed by atoms with Crippen LogP contribution >= 0.6 is 0 Å². The summed E-state index contributed by atoms with van der Waals surface area (Å²) in [5.41, 5.74) is 6.05. The molecule has 6 nitrogen and oxygen atoms in total. The number of para-hydroxylation sites is 3. The molecule has 0 fully saturated rings. The van der Waals surface area contributed by atoms with Gasteiger partial charge in [0.25, 0.3) is 0 Å². The first kappa shape index (κ1) is 32.3. The second-order valence-corrected chi connectivity index (χ2v) is 20.2. The SMILES string of the molecule is [2H]c1c([2H])c([2H])c(-c2ccc3c(c2)c2ccc(Oc4cccc(N5CN(c6c(-c7c([2H])c([2H])c([2H])c([2H])c7[2H])cccc6-c6c([2H])c([2H])c([2H])c([2H])c6[2H])c6ccccc65)c4)cc2n3-c2cc(Oc3cc(C(C)(C)C)cc(C(C)(C)C)c3)ccn2)c([2H])c1[2H]. The van der Waals surface area contributed by atoms with E-state index in [0.29, 0.717) is 67.9 Å². The Morgan fingerprint density at radius 1 is 0.446 bits per heavy atom. The lowest BCUT2D eigenvalue weighted by atomic mass is 9.80. The average Bonchev–Trinajstić information content (AvgIpc) is 1.70. The van der Waals surface area contributed by atoms with Crippen LogP contribution in [0.2, 0.25) is 0 Å². The van der Waals surface area contributed by atoms with Crippen LogP contribution in [-0.2, 0) is 10.8 Å². The predicted molar refractivity (Wildman–Crippen MR) is 307 cm³/mol. The van der Waals surface area contributed by atoms with Gasteiger partial charge in [-0.25, -0.2) is 4.98 Å². The molecule has 6 heteroatoms. The van der Waals surface area contributed by atoms with Gasteiger partial charge < -0.3 is 19.3 Å². The third-order valence-electron chi connectivity index (χ3n) is 13.3. The van der Waals surface area contributed by atoms with Crippen molar-refractivity contribution in [2.24, 2.45) is 0 Å². The summed E-state index contributed by atoms with van der Waals surface area (Å²) in [5.74, 6) is 2.57. The van der Waals surface area contributed by atoms with Crippen LogP contribution < -0.4 is 19.3 Å². The Hall–Kier alpha value is -8.87. The van der Waals surface area contributed by atoms with Crippen LogP contribution in [0, 0.1) is 0 Å². The molecular weight excluding hydrogens is 905 g/mol. The Labute approximate surface area is 455 Å². The maximum absolute atomic E-state index is 9.11. The van der Waals surface area contributed by atoms with E-state index in [1.54, 1.807) is 36.5 Å². The summed E-state index contributed by atoms with van der Waals surface area (Å²) in [4.78, 5) is 8.74. The summed E-state index contributed by atoms with van der Waals surface area (Å²) >= 11 is 0. The summed E-state index contributed by atoms with van der Waals surface area (Å²) in [5, 5.41) is 1.45. The highest BCUT2D eigenvalue weighted by atomic mass is 16.5. The monoisotopic (exact) mass is 978 g/mol. The van der Waals surface area contributed by atoms with Crippen molar-refractivity contribution >= 4 is 44.6 Å². The van der Waals surface area contributed by atoms with Crippen LogP contribution in [0.4, 0.5) is 22.7 Å². The van der Waals surface area contributed by atoms with E-state index in [0.717, 1.165) is 16.5 Å². The molecule has 0 radical (unpaired) electrons. The molecule has 74 heavy (non-hydrogen) atoms. The van der Waals surface area contributed by atoms with Crippen molar-refractivity contribution in [2.45, 2.75) is 52.4 Å². The normalized spacial score (nSPS) is 15.5. The lowest BCUT2D eigenvalue weighted by molar-refractivity contribution is 0.472. The highest BCUT2D eigenvalue weighted by Gasteiger charge is 2.31. The first-order chi connectivity index (χ1) is 42.1. The van der Waals surface area contributed by atoms with E-state index in [-0.39, 0.29) is 63.1 Å². The number of aromatic nitrogens is 2. The maximum atomic E-state index is 9.11. The van der Waals surface area contributed by atoms with E-state index in [1.807, 2.05) is 99.3 Å². The van der Waals surface area contributed by atoms with Crippen molar-refractivity contribution < 1.29 is 30.0 Å². The average molecular weight is 978 g/mol.